The number of likely N-dealkylation sites (tertiary alicyclic amines) is 1. The van der Waals surface area contributed by atoms with Gasteiger partial charge in [-0.05, 0) is 74.8 Å². The van der Waals surface area contributed by atoms with Crippen LogP contribution in [-0.2, 0) is 17.4 Å². The van der Waals surface area contributed by atoms with E-state index in [1.165, 1.54) is 30.8 Å². The molecule has 0 saturated carbocycles. The van der Waals surface area contributed by atoms with Gasteiger partial charge in [0.2, 0.25) is 5.82 Å². The van der Waals surface area contributed by atoms with E-state index >= 15 is 0 Å². The highest BCUT2D eigenvalue weighted by Gasteiger charge is 2.16. The van der Waals surface area contributed by atoms with Crippen molar-refractivity contribution >= 4 is 16.7 Å². The molecule has 0 amide bonds. The summed E-state index contributed by atoms with van der Waals surface area (Å²) in [6.45, 7) is 7.08. The van der Waals surface area contributed by atoms with E-state index in [0.29, 0.717) is 24.0 Å². The topological polar surface area (TPSA) is 84.9 Å². The van der Waals surface area contributed by atoms with E-state index in [-0.39, 0.29) is 10.9 Å². The summed E-state index contributed by atoms with van der Waals surface area (Å²) in [6, 6.07) is 14.4. The molecule has 0 bridgehead atoms. The van der Waals surface area contributed by atoms with Crippen LogP contribution in [0.1, 0.15) is 24.1 Å². The van der Waals surface area contributed by atoms with Gasteiger partial charge in [0.1, 0.15) is 18.3 Å². The molecule has 8 nitrogen and oxygen atoms in total. The molecule has 1 aliphatic rings. The predicted octanol–water partition coefficient (Wildman–Crippen LogP) is 4.10. The molecule has 1 saturated heterocycles. The second-order valence-electron chi connectivity index (χ2n) is 9.12. The minimum Gasteiger partial charge on any atom is -0.369 e. The molecule has 1 N–H and O–H groups in total. The average molecular weight is 491 g/mol. The van der Waals surface area contributed by atoms with Crippen molar-refractivity contribution in [1.29, 1.82) is 0 Å². The van der Waals surface area contributed by atoms with E-state index in [9.17, 15) is 0 Å². The molecule has 1 aliphatic heterocycles. The number of anilines is 1. The second kappa shape index (κ2) is 10.6. The maximum atomic E-state index is 5.53. The summed E-state index contributed by atoms with van der Waals surface area (Å²) in [7, 11) is 0.224. The molecule has 0 radical (unpaired) electrons. The van der Waals surface area contributed by atoms with E-state index in [0.717, 1.165) is 35.7 Å². The zero-order chi connectivity index (χ0) is 24.2. The lowest BCUT2D eigenvalue weighted by atomic mass is 10.2. The number of nitrogens with zero attached hydrogens (tertiary/aromatic N) is 6. The Morgan fingerprint density at radius 1 is 1.06 bits per heavy atom. The van der Waals surface area contributed by atoms with Crippen LogP contribution in [-0.4, -0.2) is 68.5 Å². The van der Waals surface area contributed by atoms with Gasteiger partial charge in [-0.1, -0.05) is 11.2 Å². The summed E-state index contributed by atoms with van der Waals surface area (Å²) in [6.07, 6.45) is 8.96. The molecular weight excluding hydrogens is 458 g/mol. The van der Waals surface area contributed by atoms with E-state index in [4.69, 9.17) is 9.62 Å². The maximum Gasteiger partial charge on any atom is 0.278 e. The standard InChI is InChI=1S/C26H32N7OS/c1-19-16-23(26-29-25(31-34-26)21-7-9-22(10-8-21)35(2)3)30-33(19)18-20-6-11-24(28-17-20)27-12-15-32-13-4-5-14-32/h6-11,16-17H,4-5,12-15,18H2,1-3H3,(H,27,28)/q+1. The Labute approximate surface area is 209 Å². The van der Waals surface area contributed by atoms with Crippen molar-refractivity contribution in [2.24, 2.45) is 0 Å². The SMILES string of the molecule is Cc1cc(-c2nc(-c3ccc([S+](C)C)cc3)no2)nn1Cc1ccc(NCCN2CCCC2)nc1. The van der Waals surface area contributed by atoms with Gasteiger partial charge in [0.05, 0.1) is 6.54 Å². The lowest BCUT2D eigenvalue weighted by Gasteiger charge is -2.15. The Bertz CT molecular complexity index is 1240. The van der Waals surface area contributed by atoms with Gasteiger partial charge in [-0.25, -0.2) is 4.98 Å². The van der Waals surface area contributed by atoms with Gasteiger partial charge in [-0.15, -0.1) is 0 Å². The highest BCUT2D eigenvalue weighted by atomic mass is 32.2. The number of nitrogens with one attached hydrogen (secondary N) is 1. The van der Waals surface area contributed by atoms with Crippen molar-refractivity contribution in [3.63, 3.8) is 0 Å². The monoisotopic (exact) mass is 490 g/mol. The number of hydrogen-bond donors (Lipinski definition) is 1. The fraction of sp³-hybridized carbons (Fsp3) is 0.385. The van der Waals surface area contributed by atoms with Crippen molar-refractivity contribution in [3.8, 4) is 23.0 Å². The van der Waals surface area contributed by atoms with Crippen LogP contribution in [0, 0.1) is 6.92 Å². The number of benzene rings is 1. The van der Waals surface area contributed by atoms with Crippen LogP contribution in [0.2, 0.25) is 0 Å². The van der Waals surface area contributed by atoms with Gasteiger partial charge in [0, 0.05) is 41.4 Å². The van der Waals surface area contributed by atoms with Gasteiger partial charge in [-0.2, -0.15) is 10.1 Å². The lowest BCUT2D eigenvalue weighted by Crippen LogP contribution is -2.26. The molecule has 9 heteroatoms. The summed E-state index contributed by atoms with van der Waals surface area (Å²) in [4.78, 5) is 13.0. The molecule has 0 unspecified atom stereocenters. The largest absolute Gasteiger partial charge is 0.369 e. The van der Waals surface area contributed by atoms with Gasteiger partial charge >= 0.3 is 0 Å². The summed E-state index contributed by atoms with van der Waals surface area (Å²) in [5.74, 6) is 1.90. The zero-order valence-electron chi connectivity index (χ0n) is 20.6. The zero-order valence-corrected chi connectivity index (χ0v) is 21.4. The Morgan fingerprint density at radius 2 is 1.86 bits per heavy atom. The predicted molar refractivity (Wildman–Crippen MR) is 141 cm³/mol. The van der Waals surface area contributed by atoms with Gasteiger partial charge in [-0.3, -0.25) is 4.68 Å². The average Bonchev–Trinajstić information content (AvgIpc) is 3.63. The van der Waals surface area contributed by atoms with E-state index in [2.05, 4.69) is 56.1 Å². The third-order valence-electron chi connectivity index (χ3n) is 6.30. The minimum atomic E-state index is 0.224. The molecule has 1 aromatic carbocycles. The summed E-state index contributed by atoms with van der Waals surface area (Å²) >= 11 is 0. The first-order valence-corrected chi connectivity index (χ1v) is 14.1. The number of rotatable bonds is 9. The van der Waals surface area contributed by atoms with Crippen molar-refractivity contribution in [1.82, 2.24) is 29.8 Å². The van der Waals surface area contributed by atoms with Crippen LogP contribution < -0.4 is 5.32 Å². The fourth-order valence-corrected chi connectivity index (χ4v) is 4.92. The van der Waals surface area contributed by atoms with Crippen molar-refractivity contribution in [3.05, 3.63) is 59.9 Å². The highest BCUT2D eigenvalue weighted by molar-refractivity contribution is 7.95. The van der Waals surface area contributed by atoms with Crippen LogP contribution in [0.4, 0.5) is 5.82 Å². The molecule has 4 aromatic rings. The smallest absolute Gasteiger partial charge is 0.278 e. The van der Waals surface area contributed by atoms with Crippen molar-refractivity contribution < 1.29 is 4.52 Å². The van der Waals surface area contributed by atoms with Gasteiger partial charge < -0.3 is 14.7 Å². The molecule has 0 spiro atoms. The number of aryl methyl sites for hydroxylation is 1. The van der Waals surface area contributed by atoms with Crippen molar-refractivity contribution in [2.75, 3.05) is 44.0 Å². The van der Waals surface area contributed by atoms with Gasteiger partial charge in [0.15, 0.2) is 10.6 Å². The number of pyridine rings is 1. The first kappa shape index (κ1) is 23.6. The molecular formula is C26H32N7OS+. The summed E-state index contributed by atoms with van der Waals surface area (Å²) in [5.41, 5.74) is 3.72. The minimum absolute atomic E-state index is 0.224. The normalized spacial score (nSPS) is 14.2. The Hall–Kier alpha value is -3.17. The first-order valence-electron chi connectivity index (χ1n) is 12.0. The second-order valence-corrected chi connectivity index (χ2v) is 11.2. The molecule has 3 aromatic heterocycles. The van der Waals surface area contributed by atoms with Crippen molar-refractivity contribution in [2.45, 2.75) is 31.2 Å². The van der Waals surface area contributed by atoms with Crippen LogP contribution >= 0.6 is 0 Å². The lowest BCUT2D eigenvalue weighted by molar-refractivity contribution is 0.352. The molecule has 182 valence electrons. The fourth-order valence-electron chi connectivity index (χ4n) is 4.24. The highest BCUT2D eigenvalue weighted by Crippen LogP contribution is 2.23. The summed E-state index contributed by atoms with van der Waals surface area (Å²) < 4.78 is 7.47. The number of hydrogen-bond acceptors (Lipinski definition) is 7. The van der Waals surface area contributed by atoms with Crippen LogP contribution in [0.15, 0.2) is 58.1 Å². The number of aromatic nitrogens is 5. The quantitative estimate of drug-likeness (QED) is 0.354. The van der Waals surface area contributed by atoms with Gasteiger partial charge in [0.25, 0.3) is 5.89 Å². The summed E-state index contributed by atoms with van der Waals surface area (Å²) in [5, 5.41) is 12.3. The van der Waals surface area contributed by atoms with Crippen LogP contribution in [0.3, 0.4) is 0 Å². The van der Waals surface area contributed by atoms with E-state index in [1.54, 1.807) is 0 Å². The molecule has 0 atom stereocenters. The van der Waals surface area contributed by atoms with Crippen LogP contribution in [0.5, 0.6) is 0 Å². The molecule has 0 aliphatic carbocycles. The Morgan fingerprint density at radius 3 is 2.57 bits per heavy atom. The van der Waals surface area contributed by atoms with E-state index in [1.807, 2.05) is 42.1 Å². The first-order chi connectivity index (χ1) is 17.0. The van der Waals surface area contributed by atoms with Crippen LogP contribution in [0.25, 0.3) is 23.0 Å². The third kappa shape index (κ3) is 5.74. The Balaban J connectivity index is 1.21. The maximum absolute atomic E-state index is 5.53. The molecule has 4 heterocycles. The molecule has 35 heavy (non-hydrogen) atoms. The molecule has 1 fully saturated rings. The molecule has 5 rings (SSSR count). The van der Waals surface area contributed by atoms with E-state index < -0.39 is 0 Å². The Kier molecular flexibility index (Phi) is 7.15. The third-order valence-corrected chi connectivity index (χ3v) is 7.52.